The summed E-state index contributed by atoms with van der Waals surface area (Å²) in [6.07, 6.45) is 2.98. The highest BCUT2D eigenvalue weighted by molar-refractivity contribution is 6.42. The second-order valence-electron chi connectivity index (χ2n) is 2.74. The van der Waals surface area contributed by atoms with Crippen LogP contribution in [-0.4, -0.2) is 14.7 Å². The molecule has 0 spiro atoms. The van der Waals surface area contributed by atoms with Crippen molar-refractivity contribution < 1.29 is 5.11 Å². The molecule has 0 atom stereocenters. The van der Waals surface area contributed by atoms with Gasteiger partial charge in [0.1, 0.15) is 6.33 Å². The van der Waals surface area contributed by atoms with Crippen molar-refractivity contribution in [3.63, 3.8) is 0 Å². The van der Waals surface area contributed by atoms with Gasteiger partial charge in [0, 0.05) is 5.69 Å². The number of aromatic hydroxyl groups is 1. The molecular weight excluding hydrogens is 223 g/mol. The zero-order valence-corrected chi connectivity index (χ0v) is 8.50. The molecule has 0 bridgehead atoms. The number of aromatic nitrogens is 2. The highest BCUT2D eigenvalue weighted by atomic mass is 35.5. The third-order valence-electron chi connectivity index (χ3n) is 1.77. The van der Waals surface area contributed by atoms with E-state index in [-0.39, 0.29) is 5.88 Å². The summed E-state index contributed by atoms with van der Waals surface area (Å²) in [5.41, 5.74) is 0.798. The molecule has 2 aromatic rings. The monoisotopic (exact) mass is 228 g/mol. The van der Waals surface area contributed by atoms with Crippen LogP contribution in [0.25, 0.3) is 5.69 Å². The van der Waals surface area contributed by atoms with Crippen molar-refractivity contribution >= 4 is 23.2 Å². The van der Waals surface area contributed by atoms with Gasteiger partial charge in [0.05, 0.1) is 16.2 Å². The molecule has 14 heavy (non-hydrogen) atoms. The minimum Gasteiger partial charge on any atom is -0.492 e. The molecule has 1 N–H and O–H groups in total. The lowest BCUT2D eigenvalue weighted by Gasteiger charge is -2.02. The maximum absolute atomic E-state index is 9.05. The Balaban J connectivity index is 2.47. The van der Waals surface area contributed by atoms with Crippen LogP contribution < -0.4 is 0 Å². The number of rotatable bonds is 1. The molecule has 0 fully saturated rings. The van der Waals surface area contributed by atoms with E-state index in [0.717, 1.165) is 5.69 Å². The molecule has 72 valence electrons. The van der Waals surface area contributed by atoms with Crippen molar-refractivity contribution in [3.8, 4) is 11.6 Å². The topological polar surface area (TPSA) is 38.0 Å². The lowest BCUT2D eigenvalue weighted by Crippen LogP contribution is -1.88. The Morgan fingerprint density at radius 2 is 2.00 bits per heavy atom. The first-order valence-electron chi connectivity index (χ1n) is 3.85. The number of imidazole rings is 1. The SMILES string of the molecule is Oc1cn(-c2ccc(Cl)c(Cl)c2)cn1. The second-order valence-corrected chi connectivity index (χ2v) is 3.55. The van der Waals surface area contributed by atoms with Crippen molar-refractivity contribution in [1.29, 1.82) is 0 Å². The second kappa shape index (κ2) is 3.52. The van der Waals surface area contributed by atoms with Crippen LogP contribution in [0.4, 0.5) is 0 Å². The number of hydrogen-bond donors (Lipinski definition) is 1. The molecular formula is C9H6Cl2N2O. The summed E-state index contributed by atoms with van der Waals surface area (Å²) in [5.74, 6) is -0.0314. The van der Waals surface area contributed by atoms with Crippen LogP contribution in [0.2, 0.25) is 10.0 Å². The molecule has 0 amide bonds. The van der Waals surface area contributed by atoms with E-state index in [2.05, 4.69) is 4.98 Å². The summed E-state index contributed by atoms with van der Waals surface area (Å²) >= 11 is 11.6. The fraction of sp³-hybridized carbons (Fsp3) is 0. The Morgan fingerprint density at radius 1 is 1.21 bits per heavy atom. The predicted molar refractivity (Wildman–Crippen MR) is 55.2 cm³/mol. The Bertz CT molecular complexity index is 468. The fourth-order valence-corrected chi connectivity index (χ4v) is 1.39. The Morgan fingerprint density at radius 3 is 2.57 bits per heavy atom. The van der Waals surface area contributed by atoms with Crippen LogP contribution in [0.15, 0.2) is 30.7 Å². The van der Waals surface area contributed by atoms with E-state index in [0.29, 0.717) is 10.0 Å². The van der Waals surface area contributed by atoms with Gasteiger partial charge >= 0.3 is 0 Å². The molecule has 0 saturated carbocycles. The van der Waals surface area contributed by atoms with Gasteiger partial charge in [-0.15, -0.1) is 0 Å². The molecule has 5 heteroatoms. The van der Waals surface area contributed by atoms with E-state index in [9.17, 15) is 0 Å². The van der Waals surface area contributed by atoms with Crippen LogP contribution in [0.3, 0.4) is 0 Å². The van der Waals surface area contributed by atoms with Gasteiger partial charge in [-0.25, -0.2) is 4.98 Å². The van der Waals surface area contributed by atoms with Gasteiger partial charge < -0.3 is 9.67 Å². The van der Waals surface area contributed by atoms with E-state index < -0.39 is 0 Å². The average Bonchev–Trinajstić information content (AvgIpc) is 2.57. The molecule has 1 heterocycles. The molecule has 1 aromatic heterocycles. The minimum atomic E-state index is -0.0314. The van der Waals surface area contributed by atoms with E-state index in [1.165, 1.54) is 12.5 Å². The van der Waals surface area contributed by atoms with Gasteiger partial charge in [0.15, 0.2) is 0 Å². The molecule has 3 nitrogen and oxygen atoms in total. The Hall–Kier alpha value is -1.19. The lowest BCUT2D eigenvalue weighted by atomic mass is 10.3. The van der Waals surface area contributed by atoms with Crippen LogP contribution in [-0.2, 0) is 0 Å². The first kappa shape index (κ1) is 9.37. The van der Waals surface area contributed by atoms with Gasteiger partial charge in [-0.2, -0.15) is 0 Å². The maximum Gasteiger partial charge on any atom is 0.229 e. The summed E-state index contributed by atoms with van der Waals surface area (Å²) < 4.78 is 1.65. The van der Waals surface area contributed by atoms with Crippen molar-refractivity contribution in [3.05, 3.63) is 40.8 Å². The Labute approximate surface area is 90.5 Å². The van der Waals surface area contributed by atoms with Crippen molar-refractivity contribution in [1.82, 2.24) is 9.55 Å². The minimum absolute atomic E-state index is 0.0314. The van der Waals surface area contributed by atoms with Crippen molar-refractivity contribution in [2.24, 2.45) is 0 Å². The number of benzene rings is 1. The molecule has 0 unspecified atom stereocenters. The van der Waals surface area contributed by atoms with Crippen LogP contribution in [0, 0.1) is 0 Å². The average molecular weight is 229 g/mol. The first-order chi connectivity index (χ1) is 6.66. The number of halogens is 2. The zero-order valence-electron chi connectivity index (χ0n) is 6.98. The summed E-state index contributed by atoms with van der Waals surface area (Å²) in [7, 11) is 0. The van der Waals surface area contributed by atoms with Crippen LogP contribution in [0.5, 0.6) is 5.88 Å². The van der Waals surface area contributed by atoms with Gasteiger partial charge in [-0.3, -0.25) is 0 Å². The predicted octanol–water partition coefficient (Wildman–Crippen LogP) is 2.88. The number of hydrogen-bond acceptors (Lipinski definition) is 2. The molecule has 0 aliphatic heterocycles. The van der Waals surface area contributed by atoms with Gasteiger partial charge in [-0.05, 0) is 18.2 Å². The van der Waals surface area contributed by atoms with Gasteiger partial charge in [0.2, 0.25) is 5.88 Å². The molecule has 2 rings (SSSR count). The first-order valence-corrected chi connectivity index (χ1v) is 4.61. The lowest BCUT2D eigenvalue weighted by molar-refractivity contribution is 0.456. The molecule has 1 aromatic carbocycles. The zero-order chi connectivity index (χ0) is 10.1. The largest absolute Gasteiger partial charge is 0.492 e. The molecule has 0 radical (unpaired) electrons. The van der Waals surface area contributed by atoms with Crippen molar-refractivity contribution in [2.45, 2.75) is 0 Å². The third kappa shape index (κ3) is 1.69. The fourth-order valence-electron chi connectivity index (χ4n) is 1.10. The summed E-state index contributed by atoms with van der Waals surface area (Å²) in [6.45, 7) is 0. The van der Waals surface area contributed by atoms with E-state index in [1.54, 1.807) is 22.8 Å². The van der Waals surface area contributed by atoms with Gasteiger partial charge in [-0.1, -0.05) is 23.2 Å². The highest BCUT2D eigenvalue weighted by Crippen LogP contribution is 2.24. The highest BCUT2D eigenvalue weighted by Gasteiger charge is 2.02. The number of nitrogens with zero attached hydrogens (tertiary/aromatic N) is 2. The van der Waals surface area contributed by atoms with Crippen molar-refractivity contribution in [2.75, 3.05) is 0 Å². The van der Waals surface area contributed by atoms with E-state index >= 15 is 0 Å². The summed E-state index contributed by atoms with van der Waals surface area (Å²) in [5, 5.41) is 10.0. The quantitative estimate of drug-likeness (QED) is 0.816. The Kier molecular flexibility index (Phi) is 2.35. The molecule has 0 saturated heterocycles. The van der Waals surface area contributed by atoms with Crippen LogP contribution in [0.1, 0.15) is 0 Å². The van der Waals surface area contributed by atoms with Gasteiger partial charge in [0.25, 0.3) is 0 Å². The molecule has 0 aliphatic carbocycles. The van der Waals surface area contributed by atoms with E-state index in [1.807, 2.05) is 0 Å². The van der Waals surface area contributed by atoms with Crippen LogP contribution >= 0.6 is 23.2 Å². The third-order valence-corrected chi connectivity index (χ3v) is 2.51. The summed E-state index contributed by atoms with van der Waals surface area (Å²) in [4.78, 5) is 3.69. The normalized spacial score (nSPS) is 10.4. The maximum atomic E-state index is 9.05. The smallest absolute Gasteiger partial charge is 0.229 e. The standard InChI is InChI=1S/C9H6Cl2N2O/c10-7-2-1-6(3-8(7)11)13-4-9(14)12-5-13/h1-5,14H. The molecule has 0 aliphatic rings. The van der Waals surface area contributed by atoms with E-state index in [4.69, 9.17) is 28.3 Å². The summed E-state index contributed by atoms with van der Waals surface area (Å²) in [6, 6.07) is 5.18.